The summed E-state index contributed by atoms with van der Waals surface area (Å²) in [6.45, 7) is 7.53. The van der Waals surface area contributed by atoms with Gasteiger partial charge in [0, 0.05) is 37.3 Å². The largest absolute Gasteiger partial charge is 0.483 e. The lowest BCUT2D eigenvalue weighted by Gasteiger charge is -2.28. The number of carbonyl (C=O) groups excluding carboxylic acids is 2. The van der Waals surface area contributed by atoms with E-state index in [0.717, 1.165) is 80.7 Å². The number of amides is 2. The number of hydrogen-bond acceptors (Lipinski definition) is 4. The van der Waals surface area contributed by atoms with Crippen molar-refractivity contribution in [3.8, 4) is 5.75 Å². The Morgan fingerprint density at radius 1 is 1.03 bits per heavy atom. The molecule has 6 nitrogen and oxygen atoms in total. The van der Waals surface area contributed by atoms with Gasteiger partial charge in [-0.15, -0.1) is 0 Å². The highest BCUT2D eigenvalue weighted by Gasteiger charge is 2.38. The Hall–Kier alpha value is -2.08. The van der Waals surface area contributed by atoms with E-state index in [1.54, 1.807) is 0 Å². The van der Waals surface area contributed by atoms with Crippen LogP contribution in [0.2, 0.25) is 0 Å². The Bertz CT molecular complexity index is 736. The van der Waals surface area contributed by atoms with Crippen molar-refractivity contribution in [1.82, 2.24) is 15.1 Å². The Morgan fingerprint density at radius 2 is 1.72 bits per heavy atom. The summed E-state index contributed by atoms with van der Waals surface area (Å²) in [6, 6.07) is 4.50. The lowest BCUT2D eigenvalue weighted by molar-refractivity contribution is -0.134. The molecule has 3 fully saturated rings. The third-order valence-corrected chi connectivity index (χ3v) is 6.64. The molecule has 29 heavy (non-hydrogen) atoms. The van der Waals surface area contributed by atoms with Gasteiger partial charge in [0.1, 0.15) is 5.75 Å². The summed E-state index contributed by atoms with van der Waals surface area (Å²) in [5.41, 5.74) is 2.56. The first-order valence-corrected chi connectivity index (χ1v) is 11.1. The van der Waals surface area contributed by atoms with Crippen LogP contribution < -0.4 is 10.1 Å². The number of hydrogen-bond donors (Lipinski definition) is 1. The summed E-state index contributed by atoms with van der Waals surface area (Å²) in [5.74, 6) is 0.910. The predicted octanol–water partition coefficient (Wildman–Crippen LogP) is 2.66. The molecule has 0 saturated carbocycles. The van der Waals surface area contributed by atoms with E-state index < -0.39 is 0 Å². The lowest BCUT2D eigenvalue weighted by atomic mass is 10.0. The molecule has 3 heterocycles. The van der Waals surface area contributed by atoms with E-state index in [1.165, 1.54) is 6.42 Å². The third kappa shape index (κ3) is 4.27. The molecule has 4 rings (SSSR count). The monoisotopic (exact) mass is 399 g/mol. The second kappa shape index (κ2) is 8.74. The molecule has 2 atom stereocenters. The van der Waals surface area contributed by atoms with Crippen molar-refractivity contribution in [1.29, 1.82) is 0 Å². The first-order chi connectivity index (χ1) is 14.0. The number of nitrogens with zero attached hydrogens (tertiary/aromatic N) is 2. The van der Waals surface area contributed by atoms with Crippen LogP contribution in [0, 0.1) is 13.8 Å². The van der Waals surface area contributed by atoms with Gasteiger partial charge in [0.25, 0.3) is 11.8 Å². The number of likely N-dealkylation sites (tertiary alicyclic amines) is 1. The van der Waals surface area contributed by atoms with Crippen LogP contribution in [-0.2, 0) is 4.79 Å². The van der Waals surface area contributed by atoms with Crippen LogP contribution in [-0.4, -0.2) is 66.5 Å². The Balaban J connectivity index is 1.45. The van der Waals surface area contributed by atoms with Crippen molar-refractivity contribution in [3.63, 3.8) is 0 Å². The van der Waals surface area contributed by atoms with Gasteiger partial charge in [0.15, 0.2) is 6.61 Å². The molecule has 3 saturated heterocycles. The molecule has 1 aromatic rings. The predicted molar refractivity (Wildman–Crippen MR) is 112 cm³/mol. The van der Waals surface area contributed by atoms with Crippen LogP contribution >= 0.6 is 0 Å². The van der Waals surface area contributed by atoms with Crippen molar-refractivity contribution in [3.05, 3.63) is 28.8 Å². The highest BCUT2D eigenvalue weighted by atomic mass is 16.5. The minimum atomic E-state index is 0.0531. The lowest BCUT2D eigenvalue weighted by Crippen LogP contribution is -2.42. The highest BCUT2D eigenvalue weighted by Crippen LogP contribution is 2.32. The van der Waals surface area contributed by atoms with E-state index in [0.29, 0.717) is 12.1 Å². The summed E-state index contributed by atoms with van der Waals surface area (Å²) >= 11 is 0. The van der Waals surface area contributed by atoms with Crippen LogP contribution in [0.4, 0.5) is 0 Å². The molecule has 0 radical (unpaired) electrons. The van der Waals surface area contributed by atoms with Crippen LogP contribution in [0.15, 0.2) is 12.1 Å². The van der Waals surface area contributed by atoms with Gasteiger partial charge in [-0.25, -0.2) is 0 Å². The number of aryl methyl sites for hydroxylation is 2. The van der Waals surface area contributed by atoms with Crippen molar-refractivity contribution in [2.75, 3.05) is 32.8 Å². The Labute approximate surface area is 173 Å². The zero-order chi connectivity index (χ0) is 20.4. The van der Waals surface area contributed by atoms with Gasteiger partial charge >= 0.3 is 0 Å². The molecule has 0 aliphatic carbocycles. The first kappa shape index (κ1) is 20.2. The molecular weight excluding hydrogens is 366 g/mol. The minimum Gasteiger partial charge on any atom is -0.483 e. The van der Waals surface area contributed by atoms with E-state index in [-0.39, 0.29) is 18.4 Å². The smallest absolute Gasteiger partial charge is 0.260 e. The molecule has 158 valence electrons. The van der Waals surface area contributed by atoms with Gasteiger partial charge in [-0.2, -0.15) is 0 Å². The topological polar surface area (TPSA) is 61.9 Å². The zero-order valence-corrected chi connectivity index (χ0v) is 17.7. The molecular formula is C23H33N3O3. The highest BCUT2D eigenvalue weighted by molar-refractivity contribution is 5.95. The maximum Gasteiger partial charge on any atom is 0.260 e. The fourth-order valence-corrected chi connectivity index (χ4v) is 5.13. The molecule has 2 bridgehead atoms. The second-order valence-electron chi connectivity index (χ2n) is 8.76. The number of nitrogens with one attached hydrogen (secondary N) is 1. The van der Waals surface area contributed by atoms with Crippen LogP contribution in [0.25, 0.3) is 0 Å². The van der Waals surface area contributed by atoms with Crippen molar-refractivity contribution in [2.24, 2.45) is 0 Å². The summed E-state index contributed by atoms with van der Waals surface area (Å²) in [7, 11) is 0. The Morgan fingerprint density at radius 3 is 2.45 bits per heavy atom. The van der Waals surface area contributed by atoms with Gasteiger partial charge in [0.2, 0.25) is 0 Å². The standard InChI is InChI=1S/C23H33N3O3/c1-16-12-18(23(28)26-19-6-7-20(26)14-24-9-8-19)13-17(2)22(16)29-15-21(27)25-10-4-3-5-11-25/h12-13,19-20,24H,3-11,14-15H2,1-2H3. The Kier molecular flexibility index (Phi) is 6.09. The van der Waals surface area contributed by atoms with Crippen LogP contribution in [0.1, 0.15) is 60.0 Å². The average Bonchev–Trinajstić information content (AvgIpc) is 2.99. The number of benzene rings is 1. The molecule has 0 aromatic heterocycles. The molecule has 6 heteroatoms. The maximum atomic E-state index is 13.3. The second-order valence-corrected chi connectivity index (χ2v) is 8.76. The van der Waals surface area contributed by atoms with Gasteiger partial charge < -0.3 is 19.9 Å². The number of rotatable bonds is 4. The molecule has 3 aliphatic heterocycles. The van der Waals surface area contributed by atoms with E-state index in [4.69, 9.17) is 4.74 Å². The van der Waals surface area contributed by atoms with Crippen molar-refractivity contribution in [2.45, 2.75) is 64.5 Å². The van der Waals surface area contributed by atoms with Crippen LogP contribution in [0.3, 0.4) is 0 Å². The number of carbonyl (C=O) groups is 2. The molecule has 1 N–H and O–H groups in total. The SMILES string of the molecule is Cc1cc(C(=O)N2C3CCNCC2CC3)cc(C)c1OCC(=O)N1CCCCC1. The molecule has 1 aromatic carbocycles. The van der Waals surface area contributed by atoms with Crippen molar-refractivity contribution >= 4 is 11.8 Å². The summed E-state index contributed by atoms with van der Waals surface area (Å²) < 4.78 is 5.91. The van der Waals surface area contributed by atoms with Crippen LogP contribution in [0.5, 0.6) is 5.75 Å². The van der Waals surface area contributed by atoms with Gasteiger partial charge in [-0.05, 0) is 82.2 Å². The fourth-order valence-electron chi connectivity index (χ4n) is 5.13. The van der Waals surface area contributed by atoms with E-state index in [2.05, 4.69) is 10.2 Å². The van der Waals surface area contributed by atoms with Gasteiger partial charge in [-0.3, -0.25) is 9.59 Å². The third-order valence-electron chi connectivity index (χ3n) is 6.64. The molecule has 2 amide bonds. The zero-order valence-electron chi connectivity index (χ0n) is 17.7. The van der Waals surface area contributed by atoms with E-state index in [1.807, 2.05) is 30.9 Å². The van der Waals surface area contributed by atoms with Gasteiger partial charge in [0.05, 0.1) is 0 Å². The first-order valence-electron chi connectivity index (χ1n) is 11.1. The number of fused-ring (bicyclic) bond motifs is 2. The van der Waals surface area contributed by atoms with E-state index >= 15 is 0 Å². The normalized spacial score (nSPS) is 24.3. The van der Waals surface area contributed by atoms with E-state index in [9.17, 15) is 9.59 Å². The minimum absolute atomic E-state index is 0.0531. The average molecular weight is 400 g/mol. The quantitative estimate of drug-likeness (QED) is 0.846. The fraction of sp³-hybridized carbons (Fsp3) is 0.652. The summed E-state index contributed by atoms with van der Waals surface area (Å²) in [6.07, 6.45) is 6.58. The summed E-state index contributed by atoms with van der Waals surface area (Å²) in [4.78, 5) is 29.7. The maximum absolute atomic E-state index is 13.3. The van der Waals surface area contributed by atoms with Gasteiger partial charge in [-0.1, -0.05) is 0 Å². The molecule has 3 aliphatic rings. The molecule has 2 unspecified atom stereocenters. The number of ether oxygens (including phenoxy) is 1. The molecule has 0 spiro atoms. The van der Waals surface area contributed by atoms with Crippen molar-refractivity contribution < 1.29 is 14.3 Å². The number of piperidine rings is 1. The summed E-state index contributed by atoms with van der Waals surface area (Å²) in [5, 5.41) is 3.45.